The highest BCUT2D eigenvalue weighted by molar-refractivity contribution is 7.71. The second-order valence-electron chi connectivity index (χ2n) is 7.08. The first-order chi connectivity index (χ1) is 14.1. The molecule has 0 aliphatic heterocycles. The maximum Gasteiger partial charge on any atom is 0.291 e. The topological polar surface area (TPSA) is 66.1 Å². The highest BCUT2D eigenvalue weighted by Gasteiger charge is 2.18. The summed E-state index contributed by atoms with van der Waals surface area (Å²) in [5.74, 6) is 0.638. The number of hydrogen-bond donors (Lipinski definition) is 1. The van der Waals surface area contributed by atoms with Gasteiger partial charge in [-0.1, -0.05) is 42.5 Å². The van der Waals surface area contributed by atoms with Crippen LogP contribution in [0.5, 0.6) is 0 Å². The molecule has 1 N–H and O–H groups in total. The number of quaternary nitrogens is 1. The molecule has 1 unspecified atom stereocenters. The van der Waals surface area contributed by atoms with Crippen LogP contribution in [0.4, 0.5) is 0 Å². The van der Waals surface area contributed by atoms with Crippen molar-refractivity contribution in [1.29, 1.82) is 0 Å². The summed E-state index contributed by atoms with van der Waals surface area (Å²) >= 11 is 5.38. The summed E-state index contributed by atoms with van der Waals surface area (Å²) in [6.45, 7) is 2.82. The Bertz CT molecular complexity index is 1100. The highest BCUT2D eigenvalue weighted by atomic mass is 32.1. The van der Waals surface area contributed by atoms with Crippen LogP contribution in [0.15, 0.2) is 71.7 Å². The lowest BCUT2D eigenvalue weighted by atomic mass is 10.1. The fourth-order valence-electron chi connectivity index (χ4n) is 3.21. The van der Waals surface area contributed by atoms with Gasteiger partial charge in [-0.05, 0) is 36.8 Å². The van der Waals surface area contributed by atoms with Crippen LogP contribution in [0.2, 0.25) is 0 Å². The Morgan fingerprint density at radius 2 is 1.86 bits per heavy atom. The maximum absolute atomic E-state index is 5.70. The van der Waals surface area contributed by atoms with Crippen molar-refractivity contribution in [2.24, 2.45) is 0 Å². The minimum atomic E-state index is 0.260. The lowest BCUT2D eigenvalue weighted by Gasteiger charge is -2.21. The fourth-order valence-corrected chi connectivity index (χ4v) is 3.41. The van der Waals surface area contributed by atoms with Gasteiger partial charge in [0.25, 0.3) is 4.84 Å². The Balaban J connectivity index is 1.43. The van der Waals surface area contributed by atoms with Gasteiger partial charge in [0.2, 0.25) is 5.89 Å². The molecule has 0 saturated heterocycles. The standard InChI is InChI=1S/C21H22N6OS/c1-16(18-8-10-19(11-9-18)26-14-22-13-23-26)25(2)15-27-21(29)28-20(24-27)12-17-6-4-3-5-7-17/h3-11,13-14,16H,12,15H2,1-2H3/p+1/t16-/m0/s1. The van der Waals surface area contributed by atoms with Gasteiger partial charge in [-0.25, -0.2) is 9.67 Å². The van der Waals surface area contributed by atoms with E-state index in [0.717, 1.165) is 11.3 Å². The number of nitrogens with zero attached hydrogens (tertiary/aromatic N) is 5. The van der Waals surface area contributed by atoms with E-state index in [1.807, 2.05) is 30.3 Å². The van der Waals surface area contributed by atoms with Crippen molar-refractivity contribution in [1.82, 2.24) is 24.5 Å². The van der Waals surface area contributed by atoms with Gasteiger partial charge in [-0.3, -0.25) is 0 Å². The molecule has 0 bridgehead atoms. The summed E-state index contributed by atoms with van der Waals surface area (Å²) in [5.41, 5.74) is 3.36. The summed E-state index contributed by atoms with van der Waals surface area (Å²) in [6.07, 6.45) is 3.85. The van der Waals surface area contributed by atoms with E-state index in [1.54, 1.807) is 15.7 Å². The summed E-state index contributed by atoms with van der Waals surface area (Å²) in [6, 6.07) is 18.7. The van der Waals surface area contributed by atoms with Gasteiger partial charge in [0, 0.05) is 5.56 Å². The molecule has 29 heavy (non-hydrogen) atoms. The third-order valence-corrected chi connectivity index (χ3v) is 5.36. The molecule has 0 spiro atoms. The average Bonchev–Trinajstić information content (AvgIpc) is 3.39. The quantitative estimate of drug-likeness (QED) is 0.477. The Labute approximate surface area is 174 Å². The first-order valence-electron chi connectivity index (χ1n) is 9.48. The zero-order valence-electron chi connectivity index (χ0n) is 16.4. The first kappa shape index (κ1) is 19.2. The van der Waals surface area contributed by atoms with E-state index in [0.29, 0.717) is 23.8 Å². The zero-order chi connectivity index (χ0) is 20.2. The van der Waals surface area contributed by atoms with Gasteiger partial charge in [-0.15, -0.1) is 5.10 Å². The van der Waals surface area contributed by atoms with Crippen LogP contribution in [-0.4, -0.2) is 31.6 Å². The van der Waals surface area contributed by atoms with Crippen molar-refractivity contribution in [2.75, 3.05) is 7.05 Å². The van der Waals surface area contributed by atoms with Crippen molar-refractivity contribution in [3.63, 3.8) is 0 Å². The van der Waals surface area contributed by atoms with Crippen LogP contribution in [0.1, 0.15) is 30.0 Å². The normalized spacial score (nSPS) is 13.3. The summed E-state index contributed by atoms with van der Waals surface area (Å²) in [4.78, 5) is 5.65. The smallest absolute Gasteiger partial charge is 0.291 e. The van der Waals surface area contributed by atoms with E-state index < -0.39 is 0 Å². The summed E-state index contributed by atoms with van der Waals surface area (Å²) in [7, 11) is 2.13. The minimum Gasteiger partial charge on any atom is -0.413 e. The molecule has 0 radical (unpaired) electrons. The molecule has 8 heteroatoms. The summed E-state index contributed by atoms with van der Waals surface area (Å²) in [5, 5.41) is 8.74. The fraction of sp³-hybridized carbons (Fsp3) is 0.238. The Morgan fingerprint density at radius 1 is 1.10 bits per heavy atom. The van der Waals surface area contributed by atoms with Crippen LogP contribution in [0.25, 0.3) is 5.69 Å². The lowest BCUT2D eigenvalue weighted by molar-refractivity contribution is -0.933. The molecule has 2 heterocycles. The number of hydrogen-bond acceptors (Lipinski definition) is 5. The number of rotatable bonds is 7. The molecule has 148 valence electrons. The molecule has 0 fully saturated rings. The van der Waals surface area contributed by atoms with Crippen molar-refractivity contribution < 1.29 is 9.32 Å². The Morgan fingerprint density at radius 3 is 2.55 bits per heavy atom. The first-order valence-corrected chi connectivity index (χ1v) is 9.89. The van der Waals surface area contributed by atoms with Crippen LogP contribution in [0.3, 0.4) is 0 Å². The van der Waals surface area contributed by atoms with Gasteiger partial charge in [0.05, 0.1) is 19.2 Å². The van der Waals surface area contributed by atoms with Crippen LogP contribution in [0, 0.1) is 4.84 Å². The maximum atomic E-state index is 5.70. The molecule has 0 amide bonds. The molecule has 0 saturated carbocycles. The van der Waals surface area contributed by atoms with E-state index in [1.165, 1.54) is 16.8 Å². The zero-order valence-corrected chi connectivity index (χ0v) is 17.2. The molecular formula is C21H23N6OS+. The largest absolute Gasteiger partial charge is 0.413 e. The molecule has 0 aliphatic carbocycles. The third kappa shape index (κ3) is 4.49. The minimum absolute atomic E-state index is 0.260. The second kappa shape index (κ2) is 8.50. The highest BCUT2D eigenvalue weighted by Crippen LogP contribution is 2.13. The molecule has 0 aliphatic rings. The molecule has 2 aromatic heterocycles. The molecule has 2 aromatic carbocycles. The number of aromatic nitrogens is 5. The second-order valence-corrected chi connectivity index (χ2v) is 7.43. The third-order valence-electron chi connectivity index (χ3n) is 5.06. The SMILES string of the molecule is C[C@@H](c1ccc(-n2cncn2)cc1)[NH+](C)Cn1nc(Cc2ccccc2)oc1=S. The van der Waals surface area contributed by atoms with Gasteiger partial charge in [0.15, 0.2) is 6.67 Å². The van der Waals surface area contributed by atoms with Crippen LogP contribution in [-0.2, 0) is 13.1 Å². The summed E-state index contributed by atoms with van der Waals surface area (Å²) < 4.78 is 9.21. The molecule has 2 atom stereocenters. The van der Waals surface area contributed by atoms with Gasteiger partial charge < -0.3 is 9.32 Å². The van der Waals surface area contributed by atoms with E-state index in [-0.39, 0.29) is 6.04 Å². The molecular weight excluding hydrogens is 384 g/mol. The van der Waals surface area contributed by atoms with Crippen molar-refractivity contribution in [3.8, 4) is 5.69 Å². The van der Waals surface area contributed by atoms with E-state index >= 15 is 0 Å². The van der Waals surface area contributed by atoms with E-state index in [9.17, 15) is 0 Å². The number of nitrogens with one attached hydrogen (secondary N) is 1. The van der Waals surface area contributed by atoms with Gasteiger partial charge >= 0.3 is 0 Å². The molecule has 7 nitrogen and oxygen atoms in total. The number of benzene rings is 2. The monoisotopic (exact) mass is 407 g/mol. The Hall–Kier alpha value is -3.10. The van der Waals surface area contributed by atoms with Crippen LogP contribution < -0.4 is 4.90 Å². The van der Waals surface area contributed by atoms with Gasteiger partial charge in [-0.2, -0.15) is 9.78 Å². The molecule has 4 aromatic rings. The van der Waals surface area contributed by atoms with Crippen LogP contribution >= 0.6 is 12.2 Å². The van der Waals surface area contributed by atoms with Crippen molar-refractivity contribution in [2.45, 2.75) is 26.1 Å². The van der Waals surface area contributed by atoms with E-state index in [4.69, 9.17) is 16.6 Å². The average molecular weight is 408 g/mol. The van der Waals surface area contributed by atoms with Gasteiger partial charge in [0.1, 0.15) is 18.7 Å². The van der Waals surface area contributed by atoms with E-state index in [2.05, 4.69) is 53.4 Å². The molecule has 4 rings (SSSR count). The van der Waals surface area contributed by atoms with Crippen molar-refractivity contribution in [3.05, 3.63) is 89.1 Å². The van der Waals surface area contributed by atoms with Crippen molar-refractivity contribution >= 4 is 12.2 Å². The predicted molar refractivity (Wildman–Crippen MR) is 111 cm³/mol. The Kier molecular flexibility index (Phi) is 5.64. The lowest BCUT2D eigenvalue weighted by Crippen LogP contribution is -3.08. The predicted octanol–water partition coefficient (Wildman–Crippen LogP) is 2.61.